The summed E-state index contributed by atoms with van der Waals surface area (Å²) in [5.41, 5.74) is 0.354. The number of carbonyl (C=O) groups is 1. The number of hydrogen-bond donors (Lipinski definition) is 1. The van der Waals surface area contributed by atoms with E-state index >= 15 is 0 Å². The van der Waals surface area contributed by atoms with Crippen molar-refractivity contribution in [1.29, 1.82) is 0 Å². The molecule has 1 N–H and O–H groups in total. The fraction of sp³-hybridized carbons (Fsp3) is 0.316. The average Bonchev–Trinajstić information content (AvgIpc) is 2.60. The van der Waals surface area contributed by atoms with Gasteiger partial charge in [0.25, 0.3) is 0 Å². The predicted octanol–water partition coefficient (Wildman–Crippen LogP) is 4.14. The summed E-state index contributed by atoms with van der Waals surface area (Å²) >= 11 is 5.60. The molecule has 29 heavy (non-hydrogen) atoms. The molecule has 1 atom stereocenters. The van der Waals surface area contributed by atoms with Crippen molar-refractivity contribution >= 4 is 33.2 Å². The number of amides is 1. The van der Waals surface area contributed by atoms with Crippen molar-refractivity contribution in [3.05, 3.63) is 64.2 Å². The minimum Gasteiger partial charge on any atom is -0.350 e. The SMILES string of the molecule is Cc1ccc(CNC(=O)[C@H](C)N(c2ccc(Cl)c(C(F)(F)F)c2)S(C)(=O)=O)cc1. The zero-order valence-electron chi connectivity index (χ0n) is 15.9. The fourth-order valence-corrected chi connectivity index (χ4v) is 4.11. The van der Waals surface area contributed by atoms with E-state index in [1.54, 1.807) is 0 Å². The first-order chi connectivity index (χ1) is 13.3. The number of rotatable bonds is 6. The normalized spacial score (nSPS) is 13.1. The van der Waals surface area contributed by atoms with Crippen molar-refractivity contribution in [2.75, 3.05) is 10.6 Å². The number of sulfonamides is 1. The third-order valence-corrected chi connectivity index (χ3v) is 5.76. The molecule has 5 nitrogen and oxygen atoms in total. The lowest BCUT2D eigenvalue weighted by molar-refractivity contribution is -0.137. The van der Waals surface area contributed by atoms with Gasteiger partial charge in [0, 0.05) is 6.54 Å². The van der Waals surface area contributed by atoms with E-state index in [0.717, 1.165) is 29.5 Å². The van der Waals surface area contributed by atoms with Gasteiger partial charge in [-0.3, -0.25) is 9.10 Å². The van der Waals surface area contributed by atoms with Crippen molar-refractivity contribution in [2.24, 2.45) is 0 Å². The lowest BCUT2D eigenvalue weighted by Gasteiger charge is -2.29. The van der Waals surface area contributed by atoms with Gasteiger partial charge >= 0.3 is 6.18 Å². The third kappa shape index (κ3) is 5.86. The second kappa shape index (κ2) is 8.62. The van der Waals surface area contributed by atoms with Crippen molar-refractivity contribution in [3.63, 3.8) is 0 Å². The third-order valence-electron chi connectivity index (χ3n) is 4.19. The number of halogens is 4. The number of anilines is 1. The highest BCUT2D eigenvalue weighted by Gasteiger charge is 2.36. The molecule has 2 rings (SSSR count). The molecule has 0 radical (unpaired) electrons. The van der Waals surface area contributed by atoms with Gasteiger partial charge in [-0.1, -0.05) is 41.4 Å². The number of nitrogens with one attached hydrogen (secondary N) is 1. The summed E-state index contributed by atoms with van der Waals surface area (Å²) in [4.78, 5) is 12.5. The number of hydrogen-bond acceptors (Lipinski definition) is 3. The molecule has 0 saturated carbocycles. The quantitative estimate of drug-likeness (QED) is 0.722. The van der Waals surface area contributed by atoms with Gasteiger partial charge in [0.15, 0.2) is 0 Å². The largest absolute Gasteiger partial charge is 0.417 e. The van der Waals surface area contributed by atoms with Crippen LogP contribution in [-0.2, 0) is 27.5 Å². The van der Waals surface area contributed by atoms with E-state index in [1.165, 1.54) is 6.92 Å². The highest BCUT2D eigenvalue weighted by atomic mass is 35.5. The summed E-state index contributed by atoms with van der Waals surface area (Å²) in [7, 11) is -4.06. The molecule has 2 aromatic rings. The number of carbonyl (C=O) groups excluding carboxylic acids is 1. The van der Waals surface area contributed by atoms with Gasteiger partial charge in [0.1, 0.15) is 6.04 Å². The molecule has 0 fully saturated rings. The number of benzene rings is 2. The molecule has 0 aliphatic carbocycles. The first kappa shape index (κ1) is 23.0. The Bertz CT molecular complexity index is 993. The summed E-state index contributed by atoms with van der Waals surface area (Å²) in [6.07, 6.45) is -3.95. The monoisotopic (exact) mass is 448 g/mol. The van der Waals surface area contributed by atoms with Gasteiger partial charge in [-0.25, -0.2) is 8.42 Å². The second-order valence-electron chi connectivity index (χ2n) is 6.60. The van der Waals surface area contributed by atoms with Gasteiger partial charge in [0.2, 0.25) is 15.9 Å². The Morgan fingerprint density at radius 1 is 1.17 bits per heavy atom. The van der Waals surface area contributed by atoms with Crippen molar-refractivity contribution in [2.45, 2.75) is 32.6 Å². The van der Waals surface area contributed by atoms with Crippen molar-refractivity contribution < 1.29 is 26.4 Å². The summed E-state index contributed by atoms with van der Waals surface area (Å²) in [6, 6.07) is 8.76. The Balaban J connectivity index is 2.30. The van der Waals surface area contributed by atoms with Gasteiger partial charge in [-0.05, 0) is 37.6 Å². The maximum Gasteiger partial charge on any atom is 0.417 e. The average molecular weight is 449 g/mol. The standard InChI is InChI=1S/C19H20ClF3N2O3S/c1-12-4-6-14(7-5-12)11-24-18(26)13(2)25(29(3,27)28)15-8-9-17(20)16(10-15)19(21,22)23/h4-10,13H,11H2,1-3H3,(H,24,26)/t13-/m0/s1. The van der Waals surface area contributed by atoms with Gasteiger partial charge in [-0.2, -0.15) is 13.2 Å². The van der Waals surface area contributed by atoms with Crippen LogP contribution in [0.1, 0.15) is 23.6 Å². The highest BCUT2D eigenvalue weighted by molar-refractivity contribution is 7.92. The molecular formula is C19H20ClF3N2O3S. The Labute approximate surface area is 172 Å². The summed E-state index contributed by atoms with van der Waals surface area (Å²) in [5, 5.41) is 2.04. The maximum atomic E-state index is 13.2. The molecule has 0 aromatic heterocycles. The van der Waals surface area contributed by atoms with Gasteiger partial charge in [0.05, 0.1) is 22.5 Å². The molecule has 0 aliphatic rings. The van der Waals surface area contributed by atoms with Crippen LogP contribution in [-0.4, -0.2) is 26.6 Å². The smallest absolute Gasteiger partial charge is 0.350 e. The molecule has 10 heteroatoms. The van der Waals surface area contributed by atoms with Gasteiger partial charge < -0.3 is 5.32 Å². The number of aryl methyl sites for hydroxylation is 1. The molecular weight excluding hydrogens is 429 g/mol. The molecule has 0 bridgehead atoms. The van der Waals surface area contributed by atoms with Crippen molar-refractivity contribution in [3.8, 4) is 0 Å². The van der Waals surface area contributed by atoms with E-state index in [0.29, 0.717) is 10.4 Å². The first-order valence-electron chi connectivity index (χ1n) is 8.50. The molecule has 1 amide bonds. The summed E-state index contributed by atoms with van der Waals surface area (Å²) < 4.78 is 64.6. The van der Waals surface area contributed by atoms with Crippen LogP contribution >= 0.6 is 11.6 Å². The molecule has 2 aromatic carbocycles. The van der Waals surface area contributed by atoms with Crippen LogP contribution in [0.2, 0.25) is 5.02 Å². The minimum absolute atomic E-state index is 0.148. The molecule has 0 saturated heterocycles. The Morgan fingerprint density at radius 2 is 1.76 bits per heavy atom. The molecule has 0 aliphatic heterocycles. The van der Waals surface area contributed by atoms with E-state index in [1.807, 2.05) is 31.2 Å². The van der Waals surface area contributed by atoms with Crippen LogP contribution in [0.4, 0.5) is 18.9 Å². The zero-order valence-corrected chi connectivity index (χ0v) is 17.5. The summed E-state index contributed by atoms with van der Waals surface area (Å²) in [5.74, 6) is -0.653. The van der Waals surface area contributed by atoms with Crippen LogP contribution in [0.3, 0.4) is 0 Å². The predicted molar refractivity (Wildman–Crippen MR) is 106 cm³/mol. The van der Waals surface area contributed by atoms with E-state index in [4.69, 9.17) is 11.6 Å². The molecule has 0 spiro atoms. The molecule has 0 unspecified atom stereocenters. The fourth-order valence-electron chi connectivity index (χ4n) is 2.72. The highest BCUT2D eigenvalue weighted by Crippen LogP contribution is 2.37. The van der Waals surface area contributed by atoms with Crippen molar-refractivity contribution in [1.82, 2.24) is 5.32 Å². The van der Waals surface area contributed by atoms with Gasteiger partial charge in [-0.15, -0.1) is 0 Å². The van der Waals surface area contributed by atoms with Crippen LogP contribution in [0.25, 0.3) is 0 Å². The topological polar surface area (TPSA) is 66.5 Å². The first-order valence-corrected chi connectivity index (χ1v) is 10.7. The van der Waals surface area contributed by atoms with Crippen LogP contribution < -0.4 is 9.62 Å². The number of nitrogens with zero attached hydrogens (tertiary/aromatic N) is 1. The Kier molecular flexibility index (Phi) is 6.85. The maximum absolute atomic E-state index is 13.2. The molecule has 158 valence electrons. The Morgan fingerprint density at radius 3 is 2.28 bits per heavy atom. The number of alkyl halides is 3. The van der Waals surface area contributed by atoms with E-state index < -0.39 is 38.7 Å². The van der Waals surface area contributed by atoms with E-state index in [9.17, 15) is 26.4 Å². The Hall–Kier alpha value is -2.26. The summed E-state index contributed by atoms with van der Waals surface area (Å²) in [6.45, 7) is 3.36. The minimum atomic E-state index is -4.77. The van der Waals surface area contributed by atoms with Crippen LogP contribution in [0, 0.1) is 6.92 Å². The molecule has 0 heterocycles. The lowest BCUT2D eigenvalue weighted by atomic mass is 10.1. The lowest BCUT2D eigenvalue weighted by Crippen LogP contribution is -2.47. The zero-order chi connectivity index (χ0) is 22.0. The van der Waals surface area contributed by atoms with E-state index in [2.05, 4.69) is 5.32 Å². The van der Waals surface area contributed by atoms with Crippen LogP contribution in [0.5, 0.6) is 0 Å². The van der Waals surface area contributed by atoms with Crippen LogP contribution in [0.15, 0.2) is 42.5 Å². The second-order valence-corrected chi connectivity index (χ2v) is 8.87. The van der Waals surface area contributed by atoms with E-state index in [-0.39, 0.29) is 12.2 Å².